The van der Waals surface area contributed by atoms with Crippen molar-refractivity contribution in [3.8, 4) is 0 Å². The predicted molar refractivity (Wildman–Crippen MR) is 65.9 cm³/mol. The lowest BCUT2D eigenvalue weighted by molar-refractivity contribution is 0.151. The van der Waals surface area contributed by atoms with Gasteiger partial charge in [0.25, 0.3) is 0 Å². The molecule has 0 aliphatic carbocycles. The topological polar surface area (TPSA) is 29.3 Å². The summed E-state index contributed by atoms with van der Waals surface area (Å²) in [6, 6.07) is 0.743. The molecule has 1 aliphatic rings. The van der Waals surface area contributed by atoms with Crippen LogP contribution in [0.3, 0.4) is 0 Å². The fourth-order valence-corrected chi connectivity index (χ4v) is 2.88. The van der Waals surface area contributed by atoms with E-state index in [9.17, 15) is 0 Å². The number of rotatable bonds is 4. The maximum absolute atomic E-state index is 5.86. The normalized spacial score (nSPS) is 24.9. The van der Waals surface area contributed by atoms with Gasteiger partial charge in [-0.05, 0) is 45.5 Å². The molecule has 0 aromatic rings. The van der Waals surface area contributed by atoms with Gasteiger partial charge in [0.05, 0.1) is 0 Å². The van der Waals surface area contributed by atoms with Crippen molar-refractivity contribution in [2.75, 3.05) is 25.9 Å². The Labute approximate surface area is 92.6 Å². The molecule has 0 spiro atoms. The molecule has 0 amide bonds. The van der Waals surface area contributed by atoms with Crippen molar-refractivity contribution in [2.45, 2.75) is 43.9 Å². The van der Waals surface area contributed by atoms with Gasteiger partial charge in [0, 0.05) is 17.3 Å². The van der Waals surface area contributed by atoms with E-state index >= 15 is 0 Å². The molecule has 2 nitrogen and oxygen atoms in total. The van der Waals surface area contributed by atoms with Crippen LogP contribution in [0.15, 0.2) is 0 Å². The highest BCUT2D eigenvalue weighted by atomic mass is 32.2. The summed E-state index contributed by atoms with van der Waals surface area (Å²) < 4.78 is 0.379. The highest BCUT2D eigenvalue weighted by Gasteiger charge is 2.33. The van der Waals surface area contributed by atoms with Gasteiger partial charge >= 0.3 is 0 Å². The first-order valence-electron chi connectivity index (χ1n) is 5.66. The van der Waals surface area contributed by atoms with E-state index < -0.39 is 0 Å². The first-order chi connectivity index (χ1) is 6.67. The molecule has 1 unspecified atom stereocenters. The molecule has 0 radical (unpaired) electrons. The van der Waals surface area contributed by atoms with E-state index in [0.29, 0.717) is 4.75 Å². The SMILES string of the molecule is CCC(C)N1CCC(CN)(SC)CC1. The monoisotopic (exact) mass is 216 g/mol. The van der Waals surface area contributed by atoms with Gasteiger partial charge < -0.3 is 10.6 Å². The van der Waals surface area contributed by atoms with Crippen LogP contribution in [0.5, 0.6) is 0 Å². The van der Waals surface area contributed by atoms with E-state index in [1.165, 1.54) is 32.4 Å². The van der Waals surface area contributed by atoms with Gasteiger partial charge in [-0.15, -0.1) is 0 Å². The number of piperidine rings is 1. The largest absolute Gasteiger partial charge is 0.329 e. The summed E-state index contributed by atoms with van der Waals surface area (Å²) in [6.45, 7) is 7.89. The van der Waals surface area contributed by atoms with Gasteiger partial charge in [-0.25, -0.2) is 0 Å². The summed E-state index contributed by atoms with van der Waals surface area (Å²) in [5.74, 6) is 0. The third-order valence-corrected chi connectivity index (χ3v) is 5.17. The standard InChI is InChI=1S/C11H24N2S/c1-4-10(2)13-7-5-11(9-12,14-3)6-8-13/h10H,4-9,12H2,1-3H3. The van der Waals surface area contributed by atoms with Crippen molar-refractivity contribution >= 4 is 11.8 Å². The minimum atomic E-state index is 0.379. The molecule has 1 atom stereocenters. The fraction of sp³-hybridized carbons (Fsp3) is 1.00. The number of hydrogen-bond acceptors (Lipinski definition) is 3. The lowest BCUT2D eigenvalue weighted by Crippen LogP contribution is -2.48. The first kappa shape index (κ1) is 12.3. The summed E-state index contributed by atoms with van der Waals surface area (Å²) in [7, 11) is 0. The Kier molecular flexibility index (Phi) is 4.74. The molecule has 2 N–H and O–H groups in total. The van der Waals surface area contributed by atoms with Gasteiger partial charge in [0.1, 0.15) is 0 Å². The molecule has 1 fully saturated rings. The molecule has 0 aromatic carbocycles. The van der Waals surface area contributed by atoms with Crippen molar-refractivity contribution in [1.82, 2.24) is 4.90 Å². The predicted octanol–water partition coefficient (Wildman–Crippen LogP) is 1.94. The smallest absolute Gasteiger partial charge is 0.0303 e. The molecule has 1 heterocycles. The molecule has 0 bridgehead atoms. The van der Waals surface area contributed by atoms with E-state index in [0.717, 1.165) is 12.6 Å². The van der Waals surface area contributed by atoms with Gasteiger partial charge in [-0.3, -0.25) is 0 Å². The van der Waals surface area contributed by atoms with Crippen LogP contribution < -0.4 is 5.73 Å². The average Bonchev–Trinajstić information content (AvgIpc) is 2.28. The average molecular weight is 216 g/mol. The summed E-state index contributed by atoms with van der Waals surface area (Å²) >= 11 is 1.96. The fourth-order valence-electron chi connectivity index (χ4n) is 2.12. The van der Waals surface area contributed by atoms with Crippen LogP contribution >= 0.6 is 11.8 Å². The molecule has 0 aromatic heterocycles. The summed E-state index contributed by atoms with van der Waals surface area (Å²) in [5.41, 5.74) is 5.86. The Balaban J connectivity index is 2.44. The molecular formula is C11H24N2S. The van der Waals surface area contributed by atoms with E-state index in [1.54, 1.807) is 0 Å². The van der Waals surface area contributed by atoms with Gasteiger partial charge in [0.2, 0.25) is 0 Å². The van der Waals surface area contributed by atoms with E-state index in [1.807, 2.05) is 11.8 Å². The van der Waals surface area contributed by atoms with E-state index in [2.05, 4.69) is 25.0 Å². The molecular weight excluding hydrogens is 192 g/mol. The maximum Gasteiger partial charge on any atom is 0.0303 e. The first-order valence-corrected chi connectivity index (χ1v) is 6.89. The molecule has 1 rings (SSSR count). The molecule has 0 saturated carbocycles. The minimum absolute atomic E-state index is 0.379. The van der Waals surface area contributed by atoms with Crippen molar-refractivity contribution in [1.29, 1.82) is 0 Å². The van der Waals surface area contributed by atoms with Crippen LogP contribution in [-0.4, -0.2) is 41.6 Å². The lowest BCUT2D eigenvalue weighted by atomic mass is 9.94. The molecule has 3 heteroatoms. The van der Waals surface area contributed by atoms with Gasteiger partial charge in [-0.2, -0.15) is 11.8 Å². The summed E-state index contributed by atoms with van der Waals surface area (Å²) in [4.78, 5) is 2.60. The van der Waals surface area contributed by atoms with Crippen molar-refractivity contribution in [3.63, 3.8) is 0 Å². The third kappa shape index (κ3) is 2.65. The zero-order valence-corrected chi connectivity index (χ0v) is 10.6. The summed E-state index contributed by atoms with van der Waals surface area (Å²) in [5, 5.41) is 0. The molecule has 1 aliphatic heterocycles. The second-order valence-corrected chi connectivity index (χ2v) is 5.66. The molecule has 84 valence electrons. The maximum atomic E-state index is 5.86. The second kappa shape index (κ2) is 5.38. The van der Waals surface area contributed by atoms with Crippen LogP contribution in [-0.2, 0) is 0 Å². The van der Waals surface area contributed by atoms with Crippen molar-refractivity contribution < 1.29 is 0 Å². The van der Waals surface area contributed by atoms with Crippen LogP contribution in [0, 0.1) is 0 Å². The van der Waals surface area contributed by atoms with Crippen LogP contribution in [0.2, 0.25) is 0 Å². The minimum Gasteiger partial charge on any atom is -0.329 e. The Bertz CT molecular complexity index is 159. The Morgan fingerprint density at radius 2 is 2.00 bits per heavy atom. The third-order valence-electron chi connectivity index (χ3n) is 3.73. The zero-order valence-electron chi connectivity index (χ0n) is 9.75. The molecule has 1 saturated heterocycles. The Hall–Kier alpha value is 0.270. The van der Waals surface area contributed by atoms with Crippen LogP contribution in [0.25, 0.3) is 0 Å². The summed E-state index contributed by atoms with van der Waals surface area (Å²) in [6.07, 6.45) is 5.98. The number of likely N-dealkylation sites (tertiary alicyclic amines) is 1. The lowest BCUT2D eigenvalue weighted by Gasteiger charge is -2.42. The van der Waals surface area contributed by atoms with Crippen molar-refractivity contribution in [2.24, 2.45) is 5.73 Å². The highest BCUT2D eigenvalue weighted by Crippen LogP contribution is 2.34. The number of nitrogens with two attached hydrogens (primary N) is 1. The van der Waals surface area contributed by atoms with Gasteiger partial charge in [-0.1, -0.05) is 6.92 Å². The quantitative estimate of drug-likeness (QED) is 0.779. The number of hydrogen-bond donors (Lipinski definition) is 1. The number of thioether (sulfide) groups is 1. The van der Waals surface area contributed by atoms with Crippen LogP contribution in [0.4, 0.5) is 0 Å². The van der Waals surface area contributed by atoms with Gasteiger partial charge in [0.15, 0.2) is 0 Å². The Morgan fingerprint density at radius 3 is 2.36 bits per heavy atom. The van der Waals surface area contributed by atoms with E-state index in [-0.39, 0.29) is 0 Å². The van der Waals surface area contributed by atoms with Crippen LogP contribution in [0.1, 0.15) is 33.1 Å². The highest BCUT2D eigenvalue weighted by molar-refractivity contribution is 8.00. The second-order valence-electron chi connectivity index (χ2n) is 4.38. The van der Waals surface area contributed by atoms with E-state index in [4.69, 9.17) is 5.73 Å². The van der Waals surface area contributed by atoms with Crippen molar-refractivity contribution in [3.05, 3.63) is 0 Å². The zero-order chi connectivity index (χ0) is 10.6. The molecule has 14 heavy (non-hydrogen) atoms. The number of nitrogens with zero attached hydrogens (tertiary/aromatic N) is 1. The Morgan fingerprint density at radius 1 is 1.43 bits per heavy atom.